The zero-order chi connectivity index (χ0) is 10.8. The van der Waals surface area contributed by atoms with Gasteiger partial charge in [0.1, 0.15) is 5.82 Å². The molecular weight excluding hydrogens is 186 g/mol. The van der Waals surface area contributed by atoms with E-state index in [1.807, 2.05) is 13.1 Å². The molecule has 0 N–H and O–H groups in total. The molecule has 0 fully saturated rings. The van der Waals surface area contributed by atoms with Crippen molar-refractivity contribution < 1.29 is 0 Å². The molecule has 0 unspecified atom stereocenters. The van der Waals surface area contributed by atoms with Gasteiger partial charge >= 0.3 is 0 Å². The molecule has 0 aliphatic carbocycles. The van der Waals surface area contributed by atoms with Gasteiger partial charge < -0.3 is 0 Å². The van der Waals surface area contributed by atoms with E-state index in [4.69, 9.17) is 0 Å². The van der Waals surface area contributed by atoms with Crippen LogP contribution >= 0.6 is 0 Å². The van der Waals surface area contributed by atoms with E-state index < -0.39 is 0 Å². The van der Waals surface area contributed by atoms with Crippen LogP contribution in [0.5, 0.6) is 0 Å². The van der Waals surface area contributed by atoms with Crippen molar-refractivity contribution in [2.24, 2.45) is 0 Å². The van der Waals surface area contributed by atoms with Crippen molar-refractivity contribution in [1.82, 2.24) is 14.9 Å². The third-order valence-electron chi connectivity index (χ3n) is 2.64. The quantitative estimate of drug-likeness (QED) is 0.685. The molecule has 0 amide bonds. The van der Waals surface area contributed by atoms with Gasteiger partial charge in [-0.1, -0.05) is 12.2 Å². The molecule has 15 heavy (non-hydrogen) atoms. The highest BCUT2D eigenvalue weighted by Gasteiger charge is 2.17. The molecular formula is C12H17N3. The number of aromatic nitrogens is 2. The van der Waals surface area contributed by atoms with Crippen molar-refractivity contribution >= 4 is 0 Å². The number of nitrogens with zero attached hydrogens (tertiary/aromatic N) is 3. The van der Waals surface area contributed by atoms with E-state index in [-0.39, 0.29) is 0 Å². The molecule has 2 heterocycles. The second-order valence-electron chi connectivity index (χ2n) is 4.31. The van der Waals surface area contributed by atoms with Crippen molar-refractivity contribution in [3.8, 4) is 0 Å². The van der Waals surface area contributed by atoms with E-state index in [1.54, 1.807) is 0 Å². The Kier molecular flexibility index (Phi) is 2.82. The minimum Gasteiger partial charge on any atom is -0.293 e. The van der Waals surface area contributed by atoms with Crippen LogP contribution in [0.4, 0.5) is 0 Å². The fourth-order valence-electron chi connectivity index (χ4n) is 1.97. The summed E-state index contributed by atoms with van der Waals surface area (Å²) in [6, 6.07) is 0. The first-order valence-corrected chi connectivity index (χ1v) is 5.33. The first kappa shape index (κ1) is 10.3. The van der Waals surface area contributed by atoms with Crippen LogP contribution in [-0.4, -0.2) is 28.0 Å². The summed E-state index contributed by atoms with van der Waals surface area (Å²) in [4.78, 5) is 11.1. The molecule has 3 nitrogen and oxygen atoms in total. The van der Waals surface area contributed by atoms with Crippen LogP contribution in [0.15, 0.2) is 18.3 Å². The average Bonchev–Trinajstić information content (AvgIpc) is 2.16. The predicted molar refractivity (Wildman–Crippen MR) is 60.6 cm³/mol. The van der Waals surface area contributed by atoms with Gasteiger partial charge in [-0.2, -0.15) is 0 Å². The monoisotopic (exact) mass is 203 g/mol. The maximum atomic E-state index is 4.49. The first-order valence-electron chi connectivity index (χ1n) is 5.33. The van der Waals surface area contributed by atoms with Gasteiger partial charge in [-0.15, -0.1) is 0 Å². The van der Waals surface area contributed by atoms with E-state index in [2.05, 4.69) is 28.4 Å². The molecule has 2 rings (SSSR count). The Hall–Kier alpha value is -1.22. The molecule has 1 aromatic rings. The second kappa shape index (κ2) is 4.11. The summed E-state index contributed by atoms with van der Waals surface area (Å²) >= 11 is 0. The average molecular weight is 203 g/mol. The molecule has 0 bridgehead atoms. The number of hydrogen-bond acceptors (Lipinski definition) is 3. The Morgan fingerprint density at radius 2 is 2.40 bits per heavy atom. The van der Waals surface area contributed by atoms with Crippen LogP contribution in [-0.2, 0) is 13.0 Å². The van der Waals surface area contributed by atoms with Gasteiger partial charge in [-0.3, -0.25) is 4.90 Å². The lowest BCUT2D eigenvalue weighted by Crippen LogP contribution is -2.32. The minimum atomic E-state index is 0.867. The van der Waals surface area contributed by atoms with Crippen LogP contribution in [0.1, 0.15) is 24.0 Å². The standard InChI is InChI=1S/C12H17N3/c1-9(2)7-15-5-4-11-6-13-10(3)14-12(11)8-15/h6H,1,4-5,7-8H2,2-3H3. The molecule has 1 aromatic heterocycles. The van der Waals surface area contributed by atoms with Crippen LogP contribution in [0.25, 0.3) is 0 Å². The van der Waals surface area contributed by atoms with Crippen LogP contribution < -0.4 is 0 Å². The number of rotatable bonds is 2. The topological polar surface area (TPSA) is 29.0 Å². The Morgan fingerprint density at radius 3 is 3.13 bits per heavy atom. The summed E-state index contributed by atoms with van der Waals surface area (Å²) in [5.41, 5.74) is 3.71. The Bertz CT molecular complexity index is 384. The van der Waals surface area contributed by atoms with Crippen molar-refractivity contribution in [3.63, 3.8) is 0 Å². The smallest absolute Gasteiger partial charge is 0.125 e. The third-order valence-corrected chi connectivity index (χ3v) is 2.64. The molecule has 0 saturated heterocycles. The molecule has 1 aliphatic rings. The number of hydrogen-bond donors (Lipinski definition) is 0. The fraction of sp³-hybridized carbons (Fsp3) is 0.500. The maximum Gasteiger partial charge on any atom is 0.125 e. The van der Waals surface area contributed by atoms with Gasteiger partial charge in [-0.05, 0) is 25.8 Å². The largest absolute Gasteiger partial charge is 0.293 e. The van der Waals surface area contributed by atoms with E-state index in [1.165, 1.54) is 16.8 Å². The minimum absolute atomic E-state index is 0.867. The normalized spacial score (nSPS) is 16.1. The Morgan fingerprint density at radius 1 is 1.60 bits per heavy atom. The highest BCUT2D eigenvalue weighted by molar-refractivity contribution is 5.20. The third kappa shape index (κ3) is 2.42. The lowest BCUT2D eigenvalue weighted by molar-refractivity contribution is 0.270. The Labute approximate surface area is 90.9 Å². The predicted octanol–water partition coefficient (Wildman–Crippen LogP) is 1.72. The van der Waals surface area contributed by atoms with Crippen LogP contribution in [0, 0.1) is 6.92 Å². The second-order valence-corrected chi connectivity index (χ2v) is 4.31. The van der Waals surface area contributed by atoms with E-state index in [0.717, 1.165) is 31.9 Å². The molecule has 0 aromatic carbocycles. The van der Waals surface area contributed by atoms with Gasteiger partial charge in [-0.25, -0.2) is 9.97 Å². The van der Waals surface area contributed by atoms with Gasteiger partial charge in [0.05, 0.1) is 5.69 Å². The fourth-order valence-corrected chi connectivity index (χ4v) is 1.97. The highest BCUT2D eigenvalue weighted by Crippen LogP contribution is 2.16. The summed E-state index contributed by atoms with van der Waals surface area (Å²) in [6.45, 7) is 11.0. The van der Waals surface area contributed by atoms with Crippen LogP contribution in [0.3, 0.4) is 0 Å². The summed E-state index contributed by atoms with van der Waals surface area (Å²) < 4.78 is 0. The molecule has 1 aliphatic heterocycles. The molecule has 0 atom stereocenters. The van der Waals surface area contributed by atoms with Gasteiger partial charge in [0, 0.05) is 25.8 Å². The first-order chi connectivity index (χ1) is 7.15. The molecule has 0 radical (unpaired) electrons. The summed E-state index contributed by atoms with van der Waals surface area (Å²) in [5.74, 6) is 0.867. The van der Waals surface area contributed by atoms with Crippen molar-refractivity contribution in [1.29, 1.82) is 0 Å². The lowest BCUT2D eigenvalue weighted by atomic mass is 10.1. The number of fused-ring (bicyclic) bond motifs is 1. The van der Waals surface area contributed by atoms with Gasteiger partial charge in [0.2, 0.25) is 0 Å². The molecule has 0 saturated carbocycles. The molecule has 0 spiro atoms. The number of aryl methyl sites for hydroxylation is 1. The summed E-state index contributed by atoms with van der Waals surface area (Å²) in [7, 11) is 0. The van der Waals surface area contributed by atoms with Crippen LogP contribution in [0.2, 0.25) is 0 Å². The maximum absolute atomic E-state index is 4.49. The highest BCUT2D eigenvalue weighted by atomic mass is 15.1. The van der Waals surface area contributed by atoms with Gasteiger partial charge in [0.25, 0.3) is 0 Å². The van der Waals surface area contributed by atoms with E-state index >= 15 is 0 Å². The SMILES string of the molecule is C=C(C)CN1CCc2cnc(C)nc2C1. The molecule has 3 heteroatoms. The van der Waals surface area contributed by atoms with Crippen molar-refractivity contribution in [2.45, 2.75) is 26.8 Å². The van der Waals surface area contributed by atoms with Crippen molar-refractivity contribution in [3.05, 3.63) is 35.4 Å². The zero-order valence-electron chi connectivity index (χ0n) is 9.45. The Balaban J connectivity index is 2.14. The molecule has 80 valence electrons. The zero-order valence-corrected chi connectivity index (χ0v) is 9.45. The van der Waals surface area contributed by atoms with E-state index in [0.29, 0.717) is 0 Å². The van der Waals surface area contributed by atoms with Crippen molar-refractivity contribution in [2.75, 3.05) is 13.1 Å². The van der Waals surface area contributed by atoms with E-state index in [9.17, 15) is 0 Å². The van der Waals surface area contributed by atoms with Gasteiger partial charge in [0.15, 0.2) is 0 Å². The summed E-state index contributed by atoms with van der Waals surface area (Å²) in [6.07, 6.45) is 3.03. The summed E-state index contributed by atoms with van der Waals surface area (Å²) in [5, 5.41) is 0. The lowest BCUT2D eigenvalue weighted by Gasteiger charge is -2.27.